The van der Waals surface area contributed by atoms with Crippen LogP contribution in [0.15, 0.2) is 47.5 Å². The van der Waals surface area contributed by atoms with Crippen LogP contribution < -0.4 is 10.1 Å². The maximum absolute atomic E-state index is 11.4. The van der Waals surface area contributed by atoms with Crippen molar-refractivity contribution >= 4 is 23.1 Å². The molecule has 1 aliphatic heterocycles. The number of amidine groups is 1. The van der Waals surface area contributed by atoms with Crippen molar-refractivity contribution in [2.45, 2.75) is 26.8 Å². The molecule has 1 amide bonds. The van der Waals surface area contributed by atoms with Gasteiger partial charge in [0.05, 0.1) is 5.56 Å². The molecule has 0 spiro atoms. The Bertz CT molecular complexity index is 812. The highest BCUT2D eigenvalue weighted by atomic mass is 16.5. The molecule has 2 aromatic carbocycles. The van der Waals surface area contributed by atoms with Crippen molar-refractivity contribution in [1.29, 1.82) is 0 Å². The van der Waals surface area contributed by atoms with Gasteiger partial charge in [-0.1, -0.05) is 12.1 Å². The highest BCUT2D eigenvalue weighted by Gasteiger charge is 2.22. The number of benzene rings is 2. The number of nitrogens with one attached hydrogen (secondary N) is 1. The van der Waals surface area contributed by atoms with E-state index in [9.17, 15) is 4.79 Å². The van der Waals surface area contributed by atoms with Crippen molar-refractivity contribution in [3.63, 3.8) is 0 Å². The van der Waals surface area contributed by atoms with Gasteiger partial charge in [-0.15, -0.1) is 0 Å². The average molecular weight is 323 g/mol. The summed E-state index contributed by atoms with van der Waals surface area (Å²) >= 11 is 0. The molecule has 24 heavy (non-hydrogen) atoms. The van der Waals surface area contributed by atoms with Crippen LogP contribution in [0.1, 0.15) is 26.3 Å². The average Bonchev–Trinajstić information content (AvgIpc) is 2.70. The number of para-hydroxylation sites is 2. The summed E-state index contributed by atoms with van der Waals surface area (Å²) in [5, 5.41) is 2.82. The van der Waals surface area contributed by atoms with Crippen molar-refractivity contribution < 1.29 is 9.53 Å². The van der Waals surface area contributed by atoms with Crippen LogP contribution in [0.2, 0.25) is 0 Å². The molecule has 5 heteroatoms. The molecule has 0 fully saturated rings. The zero-order valence-electron chi connectivity index (χ0n) is 14.3. The van der Waals surface area contributed by atoms with Gasteiger partial charge in [-0.2, -0.15) is 0 Å². The predicted molar refractivity (Wildman–Crippen MR) is 96.4 cm³/mol. The second-order valence-corrected chi connectivity index (χ2v) is 6.10. The lowest BCUT2D eigenvalue weighted by atomic mass is 10.1. The summed E-state index contributed by atoms with van der Waals surface area (Å²) in [6.07, 6.45) is 0. The first kappa shape index (κ1) is 16.1. The van der Waals surface area contributed by atoms with E-state index < -0.39 is 0 Å². The van der Waals surface area contributed by atoms with Gasteiger partial charge in [0.15, 0.2) is 5.75 Å². The van der Waals surface area contributed by atoms with Crippen LogP contribution in [0.25, 0.3) is 0 Å². The number of fused-ring (bicyclic) bond motifs is 2. The Morgan fingerprint density at radius 2 is 1.92 bits per heavy atom. The number of hydrogen-bond donors (Lipinski definition) is 1. The molecule has 1 N–H and O–H groups in total. The van der Waals surface area contributed by atoms with E-state index in [1.54, 1.807) is 0 Å². The minimum Gasteiger partial charge on any atom is -0.454 e. The molecule has 0 saturated carbocycles. The van der Waals surface area contributed by atoms with Crippen molar-refractivity contribution in [2.24, 2.45) is 4.99 Å². The Kier molecular flexibility index (Phi) is 4.25. The standard InChI is InChI=1S/C19H21N3O2/c1-12(2)22(4)19-15-11-14(20-13(3)23)9-10-17(15)24-18-8-6-5-7-16(18)21-19/h5-12H,1-4H3,(H,20,23). The van der Waals surface area contributed by atoms with E-state index in [0.29, 0.717) is 0 Å². The molecule has 0 aromatic heterocycles. The third-order valence-electron chi connectivity index (χ3n) is 3.96. The van der Waals surface area contributed by atoms with E-state index in [-0.39, 0.29) is 11.9 Å². The zero-order valence-corrected chi connectivity index (χ0v) is 14.3. The zero-order chi connectivity index (χ0) is 17.3. The van der Waals surface area contributed by atoms with E-state index in [4.69, 9.17) is 9.73 Å². The summed E-state index contributed by atoms with van der Waals surface area (Å²) in [6, 6.07) is 13.6. The van der Waals surface area contributed by atoms with Crippen LogP contribution in [-0.2, 0) is 4.79 Å². The summed E-state index contributed by atoms with van der Waals surface area (Å²) in [5.74, 6) is 2.15. The SMILES string of the molecule is CC(=O)Nc1ccc2c(c1)C(N(C)C(C)C)=Nc1ccccc1O2. The van der Waals surface area contributed by atoms with Crippen LogP contribution >= 0.6 is 0 Å². The molecule has 124 valence electrons. The molecule has 0 bridgehead atoms. The number of aliphatic imine (C=N–C) groups is 1. The van der Waals surface area contributed by atoms with Crippen LogP contribution in [0.5, 0.6) is 11.5 Å². The molecule has 0 atom stereocenters. The lowest BCUT2D eigenvalue weighted by Gasteiger charge is -2.26. The molecular weight excluding hydrogens is 302 g/mol. The Labute approximate surface area is 142 Å². The molecule has 1 aliphatic rings. The highest BCUT2D eigenvalue weighted by molar-refractivity contribution is 6.05. The number of carbonyl (C=O) groups is 1. The first-order valence-electron chi connectivity index (χ1n) is 7.96. The Morgan fingerprint density at radius 1 is 1.17 bits per heavy atom. The van der Waals surface area contributed by atoms with Crippen molar-refractivity contribution in [3.8, 4) is 11.5 Å². The highest BCUT2D eigenvalue weighted by Crippen LogP contribution is 2.38. The van der Waals surface area contributed by atoms with Gasteiger partial charge in [0.1, 0.15) is 17.3 Å². The lowest BCUT2D eigenvalue weighted by Crippen LogP contribution is -2.33. The van der Waals surface area contributed by atoms with Crippen molar-refractivity contribution in [1.82, 2.24) is 4.90 Å². The van der Waals surface area contributed by atoms with Gasteiger partial charge in [0.25, 0.3) is 0 Å². The molecule has 2 aromatic rings. The number of rotatable bonds is 2. The van der Waals surface area contributed by atoms with Gasteiger partial charge in [0.2, 0.25) is 5.91 Å². The fourth-order valence-corrected chi connectivity index (χ4v) is 2.52. The second kappa shape index (κ2) is 6.35. The topological polar surface area (TPSA) is 53.9 Å². The number of amides is 1. The first-order chi connectivity index (χ1) is 11.5. The predicted octanol–water partition coefficient (Wildman–Crippen LogP) is 4.17. The van der Waals surface area contributed by atoms with Crippen LogP contribution in [0, 0.1) is 0 Å². The summed E-state index contributed by atoms with van der Waals surface area (Å²) in [5.41, 5.74) is 2.37. The first-order valence-corrected chi connectivity index (χ1v) is 7.96. The maximum atomic E-state index is 11.4. The number of nitrogens with zero attached hydrogens (tertiary/aromatic N) is 2. The molecular formula is C19H21N3O2. The molecule has 1 heterocycles. The summed E-state index contributed by atoms with van der Waals surface area (Å²) in [4.78, 5) is 18.3. The van der Waals surface area contributed by atoms with Gasteiger partial charge in [-0.3, -0.25) is 4.79 Å². The quantitative estimate of drug-likeness (QED) is 0.902. The van der Waals surface area contributed by atoms with Gasteiger partial charge in [-0.25, -0.2) is 4.99 Å². The van der Waals surface area contributed by atoms with Gasteiger partial charge in [-0.05, 0) is 44.2 Å². The Morgan fingerprint density at radius 3 is 2.62 bits per heavy atom. The molecule has 0 radical (unpaired) electrons. The second-order valence-electron chi connectivity index (χ2n) is 6.10. The van der Waals surface area contributed by atoms with E-state index >= 15 is 0 Å². The molecule has 0 unspecified atom stereocenters. The molecule has 5 nitrogen and oxygen atoms in total. The largest absolute Gasteiger partial charge is 0.454 e. The smallest absolute Gasteiger partial charge is 0.221 e. The van der Waals surface area contributed by atoms with E-state index in [2.05, 4.69) is 24.1 Å². The van der Waals surface area contributed by atoms with Crippen molar-refractivity contribution in [2.75, 3.05) is 12.4 Å². The minimum atomic E-state index is -0.108. The van der Waals surface area contributed by atoms with E-state index in [1.165, 1.54) is 6.92 Å². The van der Waals surface area contributed by atoms with Gasteiger partial charge in [0, 0.05) is 25.7 Å². The normalized spacial score (nSPS) is 12.5. The Hall–Kier alpha value is -2.82. The van der Waals surface area contributed by atoms with E-state index in [1.807, 2.05) is 49.5 Å². The van der Waals surface area contributed by atoms with Gasteiger partial charge < -0.3 is 15.0 Å². The maximum Gasteiger partial charge on any atom is 0.221 e. The van der Waals surface area contributed by atoms with Crippen molar-refractivity contribution in [3.05, 3.63) is 48.0 Å². The summed E-state index contributed by atoms with van der Waals surface area (Å²) in [7, 11) is 2.01. The number of anilines is 1. The summed E-state index contributed by atoms with van der Waals surface area (Å²) in [6.45, 7) is 5.71. The Balaban J connectivity index is 2.17. The minimum absolute atomic E-state index is 0.108. The van der Waals surface area contributed by atoms with Crippen LogP contribution in [0.4, 0.5) is 11.4 Å². The third-order valence-corrected chi connectivity index (χ3v) is 3.96. The van der Waals surface area contributed by atoms with Crippen LogP contribution in [0.3, 0.4) is 0 Å². The molecule has 0 saturated heterocycles. The lowest BCUT2D eigenvalue weighted by molar-refractivity contribution is -0.114. The van der Waals surface area contributed by atoms with E-state index in [0.717, 1.165) is 34.3 Å². The number of ether oxygens (including phenoxy) is 1. The number of hydrogen-bond acceptors (Lipinski definition) is 4. The fourth-order valence-electron chi connectivity index (χ4n) is 2.52. The fraction of sp³-hybridized carbons (Fsp3) is 0.263. The van der Waals surface area contributed by atoms with Crippen LogP contribution in [-0.4, -0.2) is 29.7 Å². The molecule has 3 rings (SSSR count). The van der Waals surface area contributed by atoms with Gasteiger partial charge >= 0.3 is 0 Å². The third kappa shape index (κ3) is 3.11. The monoisotopic (exact) mass is 323 g/mol. The molecule has 0 aliphatic carbocycles. The summed E-state index contributed by atoms with van der Waals surface area (Å²) < 4.78 is 6.07. The number of carbonyl (C=O) groups excluding carboxylic acids is 1.